The number of rotatable bonds is 4. The molecule has 0 bridgehead atoms. The Bertz CT molecular complexity index is 1100. The molecule has 0 saturated carbocycles. The topological polar surface area (TPSA) is 62.4 Å². The number of halogens is 1. The quantitative estimate of drug-likeness (QED) is 0.510. The van der Waals surface area contributed by atoms with Gasteiger partial charge in [0, 0.05) is 35.1 Å². The third-order valence-corrected chi connectivity index (χ3v) is 5.39. The second-order valence-electron chi connectivity index (χ2n) is 6.87. The Balaban J connectivity index is 1.76. The van der Waals surface area contributed by atoms with E-state index in [1.54, 1.807) is 30.2 Å². The number of carbonyl (C=O) groups is 2. The molecule has 2 heterocycles. The van der Waals surface area contributed by atoms with Gasteiger partial charge < -0.3 is 14.6 Å². The van der Waals surface area contributed by atoms with Crippen LogP contribution >= 0.6 is 11.6 Å². The molecule has 1 N–H and O–H groups in total. The fraction of sp³-hybridized carbons (Fsp3) is 0.217. The Morgan fingerprint density at radius 2 is 1.90 bits per heavy atom. The zero-order valence-corrected chi connectivity index (χ0v) is 16.8. The van der Waals surface area contributed by atoms with E-state index in [2.05, 4.69) is 4.98 Å². The van der Waals surface area contributed by atoms with Crippen molar-refractivity contribution in [2.75, 3.05) is 13.2 Å². The Labute approximate surface area is 173 Å². The number of aromatic nitrogens is 1. The second kappa shape index (κ2) is 8.13. The molecule has 1 aliphatic rings. The molecule has 5 nitrogen and oxygen atoms in total. The molecule has 0 atom stereocenters. The number of carbonyl (C=O) groups excluding carboxylic acids is 2. The molecule has 0 fully saturated rings. The van der Waals surface area contributed by atoms with Crippen molar-refractivity contribution in [3.8, 4) is 0 Å². The average molecular weight is 409 g/mol. The van der Waals surface area contributed by atoms with Crippen LogP contribution in [0, 0.1) is 0 Å². The van der Waals surface area contributed by atoms with Gasteiger partial charge in [-0.1, -0.05) is 30.3 Å². The summed E-state index contributed by atoms with van der Waals surface area (Å²) in [5, 5.41) is 1.05. The van der Waals surface area contributed by atoms with Crippen LogP contribution in [0.15, 0.2) is 54.7 Å². The van der Waals surface area contributed by atoms with Crippen LogP contribution in [0.1, 0.15) is 34.1 Å². The van der Waals surface area contributed by atoms with E-state index in [9.17, 15) is 9.59 Å². The van der Waals surface area contributed by atoms with E-state index >= 15 is 0 Å². The molecule has 0 spiro atoms. The van der Waals surface area contributed by atoms with E-state index in [-0.39, 0.29) is 12.5 Å². The Kier molecular flexibility index (Phi) is 5.41. The van der Waals surface area contributed by atoms with E-state index in [0.29, 0.717) is 30.0 Å². The highest BCUT2D eigenvalue weighted by Crippen LogP contribution is 2.31. The van der Waals surface area contributed by atoms with Gasteiger partial charge in [0.25, 0.3) is 5.91 Å². The number of benzene rings is 2. The average Bonchev–Trinajstić information content (AvgIpc) is 3.01. The summed E-state index contributed by atoms with van der Waals surface area (Å²) in [5.74, 6) is -0.216. The molecule has 4 rings (SSSR count). The third-order valence-electron chi connectivity index (χ3n) is 5.08. The lowest BCUT2D eigenvalue weighted by Crippen LogP contribution is -2.28. The lowest BCUT2D eigenvalue weighted by atomic mass is 10.0. The van der Waals surface area contributed by atoms with Gasteiger partial charge in [-0.05, 0) is 42.7 Å². The first-order valence-corrected chi connectivity index (χ1v) is 10.1. The summed E-state index contributed by atoms with van der Waals surface area (Å²) in [7, 11) is 0. The van der Waals surface area contributed by atoms with Crippen molar-refractivity contribution in [3.63, 3.8) is 0 Å². The Morgan fingerprint density at radius 3 is 2.62 bits per heavy atom. The van der Waals surface area contributed by atoms with Crippen LogP contribution in [0.25, 0.3) is 16.5 Å². The van der Waals surface area contributed by atoms with Crippen molar-refractivity contribution in [2.24, 2.45) is 0 Å². The molecule has 1 aromatic heterocycles. The van der Waals surface area contributed by atoms with E-state index in [1.807, 2.05) is 36.4 Å². The summed E-state index contributed by atoms with van der Waals surface area (Å²) >= 11 is 5.84. The standard InChI is InChI=1S/C23H21ClN2O3/c1-2-29-23(28)19-14-26(22(27)16-9-7-15(13-24)8-10-16)12-11-18-17-5-3-4-6-20(17)25-21(18)19/h3-10,14,25H,2,11-13H2,1H3. The van der Waals surface area contributed by atoms with Gasteiger partial charge >= 0.3 is 5.97 Å². The van der Waals surface area contributed by atoms with Gasteiger partial charge in [-0.2, -0.15) is 0 Å². The minimum Gasteiger partial charge on any atom is -0.462 e. The monoisotopic (exact) mass is 408 g/mol. The van der Waals surface area contributed by atoms with Crippen molar-refractivity contribution >= 4 is 40.0 Å². The van der Waals surface area contributed by atoms with Gasteiger partial charge in [0.05, 0.1) is 17.9 Å². The van der Waals surface area contributed by atoms with Crippen LogP contribution in [-0.2, 0) is 21.8 Å². The Hall–Kier alpha value is -3.05. The van der Waals surface area contributed by atoms with Crippen LogP contribution in [0.3, 0.4) is 0 Å². The number of amides is 1. The van der Waals surface area contributed by atoms with Gasteiger partial charge in [-0.3, -0.25) is 4.79 Å². The molecule has 0 aliphatic carbocycles. The first-order chi connectivity index (χ1) is 14.1. The summed E-state index contributed by atoms with van der Waals surface area (Å²) in [4.78, 5) is 30.7. The molecule has 0 radical (unpaired) electrons. The van der Waals surface area contributed by atoms with Crippen LogP contribution in [0.5, 0.6) is 0 Å². The van der Waals surface area contributed by atoms with Crippen molar-refractivity contribution in [2.45, 2.75) is 19.2 Å². The van der Waals surface area contributed by atoms with E-state index < -0.39 is 5.97 Å². The smallest absolute Gasteiger partial charge is 0.341 e. The number of fused-ring (bicyclic) bond motifs is 3. The number of nitrogens with zero attached hydrogens (tertiary/aromatic N) is 1. The fourth-order valence-corrected chi connectivity index (χ4v) is 3.81. The maximum absolute atomic E-state index is 13.1. The molecule has 6 heteroatoms. The molecular weight excluding hydrogens is 388 g/mol. The minimum absolute atomic E-state index is 0.164. The number of ether oxygens (including phenoxy) is 1. The van der Waals surface area contributed by atoms with Crippen molar-refractivity contribution in [3.05, 3.63) is 77.1 Å². The zero-order valence-electron chi connectivity index (χ0n) is 16.1. The first kappa shape index (κ1) is 19.3. The van der Waals surface area contributed by atoms with Crippen LogP contribution in [0.2, 0.25) is 0 Å². The summed E-state index contributed by atoms with van der Waals surface area (Å²) in [6.07, 6.45) is 2.24. The van der Waals surface area contributed by atoms with Gasteiger partial charge in [0.15, 0.2) is 0 Å². The number of esters is 1. The molecule has 3 aromatic rings. The Morgan fingerprint density at radius 1 is 1.14 bits per heavy atom. The summed E-state index contributed by atoms with van der Waals surface area (Å²) in [6.45, 7) is 2.50. The maximum atomic E-state index is 13.1. The lowest BCUT2D eigenvalue weighted by Gasteiger charge is -2.18. The third kappa shape index (κ3) is 3.66. The molecule has 2 aromatic carbocycles. The van der Waals surface area contributed by atoms with Crippen molar-refractivity contribution < 1.29 is 14.3 Å². The molecule has 29 heavy (non-hydrogen) atoms. The van der Waals surface area contributed by atoms with Crippen LogP contribution in [0.4, 0.5) is 0 Å². The molecule has 0 unspecified atom stereocenters. The number of para-hydroxylation sites is 1. The number of alkyl halides is 1. The highest BCUT2D eigenvalue weighted by atomic mass is 35.5. The highest BCUT2D eigenvalue weighted by molar-refractivity contribution is 6.18. The molecule has 1 aliphatic heterocycles. The van der Waals surface area contributed by atoms with Gasteiger partial charge in [0.2, 0.25) is 0 Å². The maximum Gasteiger partial charge on any atom is 0.341 e. The predicted molar refractivity (Wildman–Crippen MR) is 114 cm³/mol. The lowest BCUT2D eigenvalue weighted by molar-refractivity contribution is -0.136. The van der Waals surface area contributed by atoms with Gasteiger partial charge in [-0.15, -0.1) is 11.6 Å². The van der Waals surface area contributed by atoms with E-state index in [4.69, 9.17) is 16.3 Å². The highest BCUT2D eigenvalue weighted by Gasteiger charge is 2.27. The number of aromatic amines is 1. The van der Waals surface area contributed by atoms with Gasteiger partial charge in [0.1, 0.15) is 0 Å². The van der Waals surface area contributed by atoms with E-state index in [1.165, 1.54) is 0 Å². The van der Waals surface area contributed by atoms with Crippen LogP contribution in [-0.4, -0.2) is 34.9 Å². The minimum atomic E-state index is -0.447. The normalized spacial score (nSPS) is 13.6. The largest absolute Gasteiger partial charge is 0.462 e. The molecule has 148 valence electrons. The van der Waals surface area contributed by atoms with Gasteiger partial charge in [-0.25, -0.2) is 4.79 Å². The second-order valence-corrected chi connectivity index (χ2v) is 7.13. The van der Waals surface area contributed by atoms with Crippen molar-refractivity contribution in [1.29, 1.82) is 0 Å². The summed E-state index contributed by atoms with van der Waals surface area (Å²) in [6, 6.07) is 15.1. The SMILES string of the molecule is CCOC(=O)C1=CN(C(=O)c2ccc(CCl)cc2)CCc2c1[nH]c1ccccc21. The summed E-state index contributed by atoms with van der Waals surface area (Å²) in [5.41, 5.74) is 4.56. The van der Waals surface area contributed by atoms with E-state index in [0.717, 1.165) is 27.7 Å². The number of hydrogen-bond donors (Lipinski definition) is 1. The zero-order chi connectivity index (χ0) is 20.4. The summed E-state index contributed by atoms with van der Waals surface area (Å²) < 4.78 is 5.27. The first-order valence-electron chi connectivity index (χ1n) is 9.57. The fourth-order valence-electron chi connectivity index (χ4n) is 3.63. The number of nitrogens with one attached hydrogen (secondary N) is 1. The predicted octanol–water partition coefficient (Wildman–Crippen LogP) is 4.51. The molecule has 1 amide bonds. The van der Waals surface area contributed by atoms with Crippen LogP contribution < -0.4 is 0 Å². The van der Waals surface area contributed by atoms with Crippen molar-refractivity contribution in [1.82, 2.24) is 9.88 Å². The number of hydrogen-bond acceptors (Lipinski definition) is 3. The molecule has 0 saturated heterocycles. The molecular formula is C23H21ClN2O3. The number of H-pyrrole nitrogens is 1.